The molecule has 4 rings (SSSR count). The second kappa shape index (κ2) is 4.70. The molecule has 2 aromatic heterocycles. The SMILES string of the molecule is N=c1cc(-c2cc3ccccc3c(=O)[nH]2)oc2ccccc12. The molecule has 0 radical (unpaired) electrons. The zero-order valence-electron chi connectivity index (χ0n) is 11.6. The largest absolute Gasteiger partial charge is 0.454 e. The molecule has 2 heterocycles. The van der Waals surface area contributed by atoms with Crippen molar-refractivity contribution in [3.63, 3.8) is 0 Å². The van der Waals surface area contributed by atoms with Crippen molar-refractivity contribution >= 4 is 21.7 Å². The summed E-state index contributed by atoms with van der Waals surface area (Å²) in [5, 5.41) is 10.7. The van der Waals surface area contributed by atoms with Crippen LogP contribution in [0.2, 0.25) is 0 Å². The molecule has 106 valence electrons. The van der Waals surface area contributed by atoms with E-state index in [-0.39, 0.29) is 5.56 Å². The molecule has 4 nitrogen and oxygen atoms in total. The number of nitrogens with one attached hydrogen (secondary N) is 2. The molecular formula is C18H12N2O2. The van der Waals surface area contributed by atoms with E-state index in [1.54, 1.807) is 12.1 Å². The highest BCUT2D eigenvalue weighted by atomic mass is 16.3. The van der Waals surface area contributed by atoms with Crippen molar-refractivity contribution in [3.8, 4) is 11.5 Å². The lowest BCUT2D eigenvalue weighted by Crippen LogP contribution is -2.08. The predicted molar refractivity (Wildman–Crippen MR) is 85.6 cm³/mol. The molecule has 4 heteroatoms. The number of aromatic nitrogens is 1. The van der Waals surface area contributed by atoms with Gasteiger partial charge in [0.2, 0.25) is 0 Å². The van der Waals surface area contributed by atoms with Crippen LogP contribution in [0.3, 0.4) is 0 Å². The van der Waals surface area contributed by atoms with Crippen molar-refractivity contribution < 1.29 is 4.42 Å². The number of H-pyrrole nitrogens is 1. The Kier molecular flexibility index (Phi) is 2.69. The van der Waals surface area contributed by atoms with E-state index >= 15 is 0 Å². The molecule has 0 saturated carbocycles. The number of pyridine rings is 1. The van der Waals surface area contributed by atoms with Crippen molar-refractivity contribution in [2.24, 2.45) is 0 Å². The average Bonchev–Trinajstić information content (AvgIpc) is 2.55. The van der Waals surface area contributed by atoms with Crippen LogP contribution in [0, 0.1) is 5.41 Å². The summed E-state index contributed by atoms with van der Waals surface area (Å²) in [4.78, 5) is 15.0. The van der Waals surface area contributed by atoms with Gasteiger partial charge in [-0.25, -0.2) is 0 Å². The maximum absolute atomic E-state index is 12.2. The maximum atomic E-state index is 12.2. The second-order valence-electron chi connectivity index (χ2n) is 5.12. The first-order valence-electron chi connectivity index (χ1n) is 6.92. The first kappa shape index (κ1) is 12.6. The number of hydrogen-bond donors (Lipinski definition) is 2. The lowest BCUT2D eigenvalue weighted by atomic mass is 10.1. The van der Waals surface area contributed by atoms with Gasteiger partial charge in [0.05, 0.1) is 11.1 Å². The van der Waals surface area contributed by atoms with Crippen molar-refractivity contribution in [1.29, 1.82) is 5.41 Å². The summed E-state index contributed by atoms with van der Waals surface area (Å²) in [5.41, 5.74) is 1.03. The Hall–Kier alpha value is -3.14. The monoisotopic (exact) mass is 288 g/mol. The van der Waals surface area contributed by atoms with Crippen molar-refractivity contribution in [1.82, 2.24) is 4.98 Å². The molecule has 0 aliphatic carbocycles. The van der Waals surface area contributed by atoms with Gasteiger partial charge in [0.1, 0.15) is 5.58 Å². The Bertz CT molecular complexity index is 1030. The Labute approximate surface area is 125 Å². The molecule has 0 fully saturated rings. The average molecular weight is 288 g/mol. The molecule has 0 saturated heterocycles. The fraction of sp³-hybridized carbons (Fsp3) is 0. The van der Waals surface area contributed by atoms with E-state index in [1.807, 2.05) is 48.5 Å². The summed E-state index contributed by atoms with van der Waals surface area (Å²) >= 11 is 0. The van der Waals surface area contributed by atoms with Crippen LogP contribution in [0.5, 0.6) is 0 Å². The molecular weight excluding hydrogens is 276 g/mol. The summed E-state index contributed by atoms with van der Waals surface area (Å²) in [5.74, 6) is 0.478. The van der Waals surface area contributed by atoms with Crippen LogP contribution in [0.15, 0.2) is 69.9 Å². The lowest BCUT2D eigenvalue weighted by molar-refractivity contribution is 0.615. The molecule has 22 heavy (non-hydrogen) atoms. The van der Waals surface area contributed by atoms with Crippen LogP contribution in [0.25, 0.3) is 33.2 Å². The molecule has 2 aromatic carbocycles. The first-order chi connectivity index (χ1) is 10.7. The molecule has 4 aromatic rings. The highest BCUT2D eigenvalue weighted by Gasteiger charge is 2.08. The molecule has 0 unspecified atom stereocenters. The van der Waals surface area contributed by atoms with Gasteiger partial charge in [-0.05, 0) is 29.7 Å². The van der Waals surface area contributed by atoms with Crippen LogP contribution in [-0.4, -0.2) is 4.98 Å². The smallest absolute Gasteiger partial charge is 0.256 e. The first-order valence-corrected chi connectivity index (χ1v) is 6.92. The molecule has 0 aliphatic rings. The number of aromatic amines is 1. The number of hydrogen-bond acceptors (Lipinski definition) is 3. The van der Waals surface area contributed by atoms with Gasteiger partial charge in [-0.1, -0.05) is 30.3 Å². The number of rotatable bonds is 1. The number of para-hydroxylation sites is 1. The summed E-state index contributed by atoms with van der Waals surface area (Å²) in [6, 6.07) is 18.3. The minimum absolute atomic E-state index is 0.164. The lowest BCUT2D eigenvalue weighted by Gasteiger charge is -2.05. The van der Waals surface area contributed by atoms with Crippen molar-refractivity contribution in [2.75, 3.05) is 0 Å². The van der Waals surface area contributed by atoms with Gasteiger partial charge in [-0.2, -0.15) is 0 Å². The standard InChI is InChI=1S/C18H12N2O2/c19-14-10-17(22-16-8-4-3-7-13(14)16)15-9-11-5-1-2-6-12(11)18(21)20-15/h1-10,19H,(H,20,21). The molecule has 0 aliphatic heterocycles. The topological polar surface area (TPSA) is 69.8 Å². The van der Waals surface area contributed by atoms with E-state index in [4.69, 9.17) is 9.83 Å². The zero-order chi connectivity index (χ0) is 15.1. The van der Waals surface area contributed by atoms with Crippen molar-refractivity contribution in [2.45, 2.75) is 0 Å². The maximum Gasteiger partial charge on any atom is 0.256 e. The van der Waals surface area contributed by atoms with E-state index in [0.717, 1.165) is 10.8 Å². The Balaban J connectivity index is 2.03. The van der Waals surface area contributed by atoms with E-state index in [9.17, 15) is 4.79 Å². The number of fused-ring (bicyclic) bond motifs is 2. The Morgan fingerprint density at radius 2 is 1.64 bits per heavy atom. The van der Waals surface area contributed by atoms with E-state index in [0.29, 0.717) is 27.8 Å². The zero-order valence-corrected chi connectivity index (χ0v) is 11.6. The summed E-state index contributed by atoms with van der Waals surface area (Å²) in [6.07, 6.45) is 0. The van der Waals surface area contributed by atoms with Gasteiger partial charge in [0, 0.05) is 16.8 Å². The van der Waals surface area contributed by atoms with E-state index < -0.39 is 0 Å². The van der Waals surface area contributed by atoms with Gasteiger partial charge in [0.15, 0.2) is 5.76 Å². The van der Waals surface area contributed by atoms with Crippen LogP contribution >= 0.6 is 0 Å². The Morgan fingerprint density at radius 3 is 2.50 bits per heavy atom. The molecule has 0 amide bonds. The molecule has 0 bridgehead atoms. The normalized spacial score (nSPS) is 11.1. The van der Waals surface area contributed by atoms with E-state index in [1.165, 1.54) is 0 Å². The Morgan fingerprint density at radius 1 is 0.909 bits per heavy atom. The third-order valence-corrected chi connectivity index (χ3v) is 3.69. The third kappa shape index (κ3) is 1.93. The number of benzene rings is 2. The van der Waals surface area contributed by atoms with Gasteiger partial charge >= 0.3 is 0 Å². The van der Waals surface area contributed by atoms with Crippen LogP contribution in [-0.2, 0) is 0 Å². The fourth-order valence-electron chi connectivity index (χ4n) is 2.61. The predicted octanol–water partition coefficient (Wildman–Crippen LogP) is 3.42. The highest BCUT2D eigenvalue weighted by molar-refractivity contribution is 5.85. The van der Waals surface area contributed by atoms with Gasteiger partial charge in [-0.3, -0.25) is 10.2 Å². The second-order valence-corrected chi connectivity index (χ2v) is 5.12. The molecule has 0 atom stereocenters. The van der Waals surface area contributed by atoms with Gasteiger partial charge < -0.3 is 9.40 Å². The fourth-order valence-corrected chi connectivity index (χ4v) is 2.61. The van der Waals surface area contributed by atoms with Crippen LogP contribution < -0.4 is 10.9 Å². The minimum Gasteiger partial charge on any atom is -0.454 e. The van der Waals surface area contributed by atoms with E-state index in [2.05, 4.69) is 4.98 Å². The minimum atomic E-state index is -0.164. The molecule has 0 spiro atoms. The summed E-state index contributed by atoms with van der Waals surface area (Å²) < 4.78 is 5.84. The highest BCUT2D eigenvalue weighted by Crippen LogP contribution is 2.22. The summed E-state index contributed by atoms with van der Waals surface area (Å²) in [7, 11) is 0. The van der Waals surface area contributed by atoms with Crippen molar-refractivity contribution in [3.05, 3.63) is 76.4 Å². The third-order valence-electron chi connectivity index (χ3n) is 3.69. The van der Waals surface area contributed by atoms with Gasteiger partial charge in [-0.15, -0.1) is 0 Å². The quantitative estimate of drug-likeness (QED) is 0.563. The van der Waals surface area contributed by atoms with Gasteiger partial charge in [0.25, 0.3) is 5.56 Å². The van der Waals surface area contributed by atoms with Crippen LogP contribution in [0.1, 0.15) is 0 Å². The molecule has 2 N–H and O–H groups in total. The summed E-state index contributed by atoms with van der Waals surface area (Å²) in [6.45, 7) is 0. The van der Waals surface area contributed by atoms with Crippen LogP contribution in [0.4, 0.5) is 0 Å².